The summed E-state index contributed by atoms with van der Waals surface area (Å²) in [5.41, 5.74) is 5.98. The molecule has 0 aliphatic rings. The number of hydrogen-bond donors (Lipinski definition) is 1. The third kappa shape index (κ3) is 2.92. The van der Waals surface area contributed by atoms with Crippen molar-refractivity contribution in [2.75, 3.05) is 0 Å². The van der Waals surface area contributed by atoms with E-state index in [1.54, 1.807) is 4.68 Å². The lowest BCUT2D eigenvalue weighted by molar-refractivity contribution is 0.665. The van der Waals surface area contributed by atoms with Crippen LogP contribution in [0.2, 0.25) is 0 Å². The normalized spacial score (nSPS) is 11.3. The van der Waals surface area contributed by atoms with Crippen LogP contribution in [0, 0.1) is 6.92 Å². The molecule has 1 aromatic carbocycles. The Kier molecular flexibility index (Phi) is 3.72. The maximum absolute atomic E-state index is 11.4. The molecule has 0 saturated carbocycles. The summed E-state index contributed by atoms with van der Waals surface area (Å²) in [4.78, 5) is 23.4. The molecule has 0 aliphatic heterocycles. The summed E-state index contributed by atoms with van der Waals surface area (Å²) in [6.45, 7) is 2.49. The van der Waals surface area contributed by atoms with E-state index in [9.17, 15) is 4.79 Å². The van der Waals surface area contributed by atoms with E-state index in [4.69, 9.17) is 4.98 Å². The zero-order chi connectivity index (χ0) is 19.1. The molecule has 5 rings (SSSR count). The van der Waals surface area contributed by atoms with Crippen molar-refractivity contribution in [2.45, 2.75) is 13.5 Å². The van der Waals surface area contributed by atoms with Crippen molar-refractivity contribution < 1.29 is 0 Å². The number of aromatic amines is 1. The first kappa shape index (κ1) is 16.3. The van der Waals surface area contributed by atoms with Gasteiger partial charge in [0.1, 0.15) is 5.52 Å². The summed E-state index contributed by atoms with van der Waals surface area (Å²) in [5.74, 6) is 0. The molecule has 4 aromatic heterocycles. The summed E-state index contributed by atoms with van der Waals surface area (Å²) in [6.07, 6.45) is 1.82. The second-order valence-electron chi connectivity index (χ2n) is 6.72. The molecule has 5 aromatic rings. The molecule has 7 heteroatoms. The highest BCUT2D eigenvalue weighted by molar-refractivity contribution is 5.79. The lowest BCUT2D eigenvalue weighted by atomic mass is 10.1. The van der Waals surface area contributed by atoms with E-state index in [-0.39, 0.29) is 5.56 Å². The van der Waals surface area contributed by atoms with Crippen molar-refractivity contribution in [3.05, 3.63) is 82.4 Å². The van der Waals surface area contributed by atoms with Crippen molar-refractivity contribution >= 4 is 22.1 Å². The third-order valence-corrected chi connectivity index (χ3v) is 4.69. The average molecular weight is 368 g/mol. The number of hydrogen-bond acceptors (Lipinski definition) is 5. The maximum Gasteiger partial charge on any atom is 0.248 e. The van der Waals surface area contributed by atoms with Crippen LogP contribution in [0.4, 0.5) is 0 Å². The van der Waals surface area contributed by atoms with Crippen LogP contribution >= 0.6 is 0 Å². The molecule has 0 bridgehead atoms. The van der Waals surface area contributed by atoms with Gasteiger partial charge in [0.05, 0.1) is 12.2 Å². The minimum atomic E-state index is -0.107. The maximum atomic E-state index is 11.4. The number of fused-ring (bicyclic) bond motifs is 2. The van der Waals surface area contributed by atoms with Crippen molar-refractivity contribution in [1.82, 2.24) is 29.9 Å². The van der Waals surface area contributed by atoms with Gasteiger partial charge in [-0.1, -0.05) is 11.3 Å². The highest BCUT2D eigenvalue weighted by atomic mass is 16.1. The van der Waals surface area contributed by atoms with E-state index < -0.39 is 0 Å². The van der Waals surface area contributed by atoms with Crippen molar-refractivity contribution in [1.29, 1.82) is 0 Å². The topological polar surface area (TPSA) is 89.4 Å². The van der Waals surface area contributed by atoms with Gasteiger partial charge in [-0.3, -0.25) is 9.78 Å². The minimum Gasteiger partial charge on any atom is -0.322 e. The van der Waals surface area contributed by atoms with Crippen LogP contribution in [0.15, 0.2) is 65.6 Å². The largest absolute Gasteiger partial charge is 0.322 e. The Morgan fingerprint density at radius 2 is 1.96 bits per heavy atom. The van der Waals surface area contributed by atoms with Gasteiger partial charge in [-0.05, 0) is 60.3 Å². The number of benzene rings is 1. The fourth-order valence-corrected chi connectivity index (χ4v) is 3.22. The number of aryl methyl sites for hydroxylation is 1. The SMILES string of the molecule is Cc1ccc(-c2ccc3nnn(Cc4ccc5[nH]c(=O)ccc5c4)c3n2)cn1. The number of H-pyrrole nitrogens is 1. The molecule has 28 heavy (non-hydrogen) atoms. The van der Waals surface area contributed by atoms with Gasteiger partial charge in [-0.15, -0.1) is 5.10 Å². The zero-order valence-electron chi connectivity index (χ0n) is 15.1. The second-order valence-corrected chi connectivity index (χ2v) is 6.72. The van der Waals surface area contributed by atoms with E-state index in [1.165, 1.54) is 6.07 Å². The fourth-order valence-electron chi connectivity index (χ4n) is 3.22. The van der Waals surface area contributed by atoms with E-state index in [1.807, 2.05) is 61.7 Å². The van der Waals surface area contributed by atoms with E-state index in [0.717, 1.165) is 44.6 Å². The lowest BCUT2D eigenvalue weighted by Crippen LogP contribution is -2.05. The molecule has 0 aliphatic carbocycles. The Morgan fingerprint density at radius 1 is 1.04 bits per heavy atom. The van der Waals surface area contributed by atoms with Gasteiger partial charge in [0.25, 0.3) is 0 Å². The van der Waals surface area contributed by atoms with Crippen molar-refractivity contribution in [3.8, 4) is 11.3 Å². The van der Waals surface area contributed by atoms with E-state index >= 15 is 0 Å². The Balaban J connectivity index is 1.53. The van der Waals surface area contributed by atoms with Gasteiger partial charge >= 0.3 is 0 Å². The van der Waals surface area contributed by atoms with Crippen LogP contribution in [0.3, 0.4) is 0 Å². The molecule has 0 fully saturated rings. The second kappa shape index (κ2) is 6.38. The molecule has 4 heterocycles. The number of rotatable bonds is 3. The number of nitrogens with zero attached hydrogens (tertiary/aromatic N) is 5. The van der Waals surface area contributed by atoms with Crippen LogP contribution in [0.1, 0.15) is 11.3 Å². The smallest absolute Gasteiger partial charge is 0.248 e. The Morgan fingerprint density at radius 3 is 2.82 bits per heavy atom. The predicted molar refractivity (Wildman–Crippen MR) is 107 cm³/mol. The number of pyridine rings is 3. The van der Waals surface area contributed by atoms with Crippen LogP contribution < -0.4 is 5.56 Å². The van der Waals surface area contributed by atoms with Crippen LogP contribution in [0.5, 0.6) is 0 Å². The molecule has 0 radical (unpaired) electrons. The van der Waals surface area contributed by atoms with Crippen LogP contribution in [-0.2, 0) is 6.54 Å². The Bertz CT molecular complexity index is 1370. The monoisotopic (exact) mass is 368 g/mol. The summed E-state index contributed by atoms with van der Waals surface area (Å²) < 4.78 is 1.79. The lowest BCUT2D eigenvalue weighted by Gasteiger charge is -2.06. The van der Waals surface area contributed by atoms with E-state index in [2.05, 4.69) is 20.3 Å². The molecule has 1 N–H and O–H groups in total. The standard InChI is InChI=1S/C21H16N6O/c1-13-2-4-16(11-22-13)18-7-8-19-21(24-18)27(26-25-19)12-14-3-6-17-15(10-14)5-9-20(28)23-17/h2-11H,12H2,1H3,(H,23,28). The van der Waals surface area contributed by atoms with Crippen LogP contribution in [-0.4, -0.2) is 29.9 Å². The molecule has 0 atom stereocenters. The molecule has 7 nitrogen and oxygen atoms in total. The number of aromatic nitrogens is 6. The van der Waals surface area contributed by atoms with Gasteiger partial charge in [0.15, 0.2) is 5.65 Å². The first-order valence-corrected chi connectivity index (χ1v) is 8.91. The van der Waals surface area contributed by atoms with Gasteiger partial charge in [-0.25, -0.2) is 9.67 Å². The molecule has 0 amide bonds. The molecular weight excluding hydrogens is 352 g/mol. The Hall–Kier alpha value is -3.87. The third-order valence-electron chi connectivity index (χ3n) is 4.69. The van der Waals surface area contributed by atoms with E-state index in [0.29, 0.717) is 6.54 Å². The summed E-state index contributed by atoms with van der Waals surface area (Å²) >= 11 is 0. The average Bonchev–Trinajstić information content (AvgIpc) is 3.11. The quantitative estimate of drug-likeness (QED) is 0.529. The highest BCUT2D eigenvalue weighted by Gasteiger charge is 2.10. The fraction of sp³-hybridized carbons (Fsp3) is 0.0952. The number of nitrogens with one attached hydrogen (secondary N) is 1. The first-order valence-electron chi connectivity index (χ1n) is 8.91. The highest BCUT2D eigenvalue weighted by Crippen LogP contribution is 2.20. The first-order chi connectivity index (χ1) is 13.7. The molecular formula is C21H16N6O. The van der Waals surface area contributed by atoms with Crippen molar-refractivity contribution in [3.63, 3.8) is 0 Å². The molecule has 0 unspecified atom stereocenters. The van der Waals surface area contributed by atoms with Gasteiger partial charge in [0, 0.05) is 29.0 Å². The Labute approximate surface area is 159 Å². The molecule has 0 saturated heterocycles. The summed E-state index contributed by atoms with van der Waals surface area (Å²) in [7, 11) is 0. The van der Waals surface area contributed by atoms with Crippen molar-refractivity contribution in [2.24, 2.45) is 0 Å². The van der Waals surface area contributed by atoms with Gasteiger partial charge < -0.3 is 4.98 Å². The zero-order valence-corrected chi connectivity index (χ0v) is 15.1. The molecule has 0 spiro atoms. The van der Waals surface area contributed by atoms with Gasteiger partial charge in [0.2, 0.25) is 5.56 Å². The summed E-state index contributed by atoms with van der Waals surface area (Å²) in [5, 5.41) is 9.46. The minimum absolute atomic E-state index is 0.107. The van der Waals surface area contributed by atoms with Gasteiger partial charge in [-0.2, -0.15) is 0 Å². The predicted octanol–water partition coefficient (Wildman–Crippen LogP) is 3.09. The van der Waals surface area contributed by atoms with Crippen LogP contribution in [0.25, 0.3) is 33.3 Å². The summed E-state index contributed by atoms with van der Waals surface area (Å²) in [6, 6.07) is 17.1. The molecule has 136 valence electrons.